The van der Waals surface area contributed by atoms with Gasteiger partial charge in [-0.05, 0) is 93.2 Å². The van der Waals surface area contributed by atoms with E-state index in [2.05, 4.69) is 33.7 Å². The second-order valence-corrected chi connectivity index (χ2v) is 7.58. The molecule has 0 aromatic heterocycles. The number of halogens is 1. The normalized spacial score (nSPS) is 15.1. The SMILES string of the molecule is COc1cccc(CC2CCN(CCCNC(=O)Nc3ccc(F)cc3)CC2)c1. The maximum Gasteiger partial charge on any atom is 0.319 e. The summed E-state index contributed by atoms with van der Waals surface area (Å²) >= 11 is 0. The van der Waals surface area contributed by atoms with E-state index in [1.165, 1.54) is 30.5 Å². The summed E-state index contributed by atoms with van der Waals surface area (Å²) < 4.78 is 18.2. The summed E-state index contributed by atoms with van der Waals surface area (Å²) in [6, 6.07) is 13.8. The van der Waals surface area contributed by atoms with E-state index >= 15 is 0 Å². The Morgan fingerprint density at radius 2 is 1.93 bits per heavy atom. The third-order valence-electron chi connectivity index (χ3n) is 5.40. The zero-order valence-corrected chi connectivity index (χ0v) is 17.0. The van der Waals surface area contributed by atoms with Crippen molar-refractivity contribution in [3.63, 3.8) is 0 Å². The predicted octanol–water partition coefficient (Wildman–Crippen LogP) is 4.30. The minimum absolute atomic E-state index is 0.256. The van der Waals surface area contributed by atoms with Gasteiger partial charge in [0.25, 0.3) is 0 Å². The third kappa shape index (κ3) is 7.06. The highest BCUT2D eigenvalue weighted by atomic mass is 19.1. The van der Waals surface area contributed by atoms with Crippen LogP contribution in [0.1, 0.15) is 24.8 Å². The average Bonchev–Trinajstić information content (AvgIpc) is 2.74. The minimum Gasteiger partial charge on any atom is -0.497 e. The van der Waals surface area contributed by atoms with Crippen molar-refractivity contribution in [1.29, 1.82) is 0 Å². The second kappa shape index (κ2) is 10.8. The number of carbonyl (C=O) groups excluding carboxylic acids is 1. The first-order valence-electron chi connectivity index (χ1n) is 10.3. The monoisotopic (exact) mass is 399 g/mol. The lowest BCUT2D eigenvalue weighted by atomic mass is 9.90. The van der Waals surface area contributed by atoms with Gasteiger partial charge in [-0.1, -0.05) is 12.1 Å². The number of likely N-dealkylation sites (tertiary alicyclic amines) is 1. The summed E-state index contributed by atoms with van der Waals surface area (Å²) in [6.07, 6.45) is 4.43. The van der Waals surface area contributed by atoms with E-state index in [4.69, 9.17) is 4.74 Å². The molecule has 5 nitrogen and oxygen atoms in total. The van der Waals surface area contributed by atoms with Gasteiger partial charge in [0.1, 0.15) is 11.6 Å². The predicted molar refractivity (Wildman–Crippen MR) is 114 cm³/mol. The number of methoxy groups -OCH3 is 1. The number of hydrogen-bond donors (Lipinski definition) is 2. The van der Waals surface area contributed by atoms with Crippen molar-refractivity contribution >= 4 is 11.7 Å². The molecule has 1 saturated heterocycles. The number of benzene rings is 2. The fourth-order valence-electron chi connectivity index (χ4n) is 3.76. The summed E-state index contributed by atoms with van der Waals surface area (Å²) in [5.74, 6) is 1.33. The second-order valence-electron chi connectivity index (χ2n) is 7.58. The molecule has 0 saturated carbocycles. The number of nitrogens with one attached hydrogen (secondary N) is 2. The summed E-state index contributed by atoms with van der Waals surface area (Å²) in [5.41, 5.74) is 1.93. The van der Waals surface area contributed by atoms with Crippen LogP contribution in [0.25, 0.3) is 0 Å². The molecule has 1 fully saturated rings. The Hall–Kier alpha value is -2.60. The molecule has 2 aromatic rings. The van der Waals surface area contributed by atoms with E-state index in [1.54, 1.807) is 19.2 Å². The van der Waals surface area contributed by atoms with Gasteiger partial charge in [0.05, 0.1) is 7.11 Å². The molecule has 6 heteroatoms. The van der Waals surface area contributed by atoms with Crippen LogP contribution in [0.5, 0.6) is 5.75 Å². The average molecular weight is 400 g/mol. The summed E-state index contributed by atoms with van der Waals surface area (Å²) in [5, 5.41) is 5.56. The number of ether oxygens (including phenoxy) is 1. The van der Waals surface area contributed by atoms with Crippen molar-refractivity contribution in [2.45, 2.75) is 25.7 Å². The number of urea groups is 1. The number of rotatable bonds is 8. The van der Waals surface area contributed by atoms with Gasteiger partial charge in [0, 0.05) is 12.2 Å². The smallest absolute Gasteiger partial charge is 0.319 e. The van der Waals surface area contributed by atoms with Gasteiger partial charge in [-0.3, -0.25) is 0 Å². The van der Waals surface area contributed by atoms with Crippen molar-refractivity contribution in [2.24, 2.45) is 5.92 Å². The standard InChI is InChI=1S/C23H30FN3O2/c1-29-22-5-2-4-19(17-22)16-18-10-14-27(15-11-18)13-3-12-25-23(28)26-21-8-6-20(24)7-9-21/h2,4-9,17-18H,3,10-16H2,1H3,(H2,25,26,28). The van der Waals surface area contributed by atoms with Crippen LogP contribution in [0.3, 0.4) is 0 Å². The van der Waals surface area contributed by atoms with E-state index in [-0.39, 0.29) is 11.8 Å². The van der Waals surface area contributed by atoms with Crippen LogP contribution in [-0.4, -0.2) is 44.2 Å². The van der Waals surface area contributed by atoms with E-state index in [9.17, 15) is 9.18 Å². The largest absolute Gasteiger partial charge is 0.497 e. The minimum atomic E-state index is -0.316. The first-order valence-corrected chi connectivity index (χ1v) is 10.3. The van der Waals surface area contributed by atoms with E-state index in [1.807, 2.05) is 6.07 Å². The molecule has 0 aliphatic carbocycles. The van der Waals surface area contributed by atoms with E-state index in [0.29, 0.717) is 12.2 Å². The summed E-state index contributed by atoms with van der Waals surface area (Å²) in [6.45, 7) is 3.83. The van der Waals surface area contributed by atoms with Crippen LogP contribution in [0.2, 0.25) is 0 Å². The Morgan fingerprint density at radius 1 is 1.17 bits per heavy atom. The molecule has 1 heterocycles. The molecular formula is C23H30FN3O2. The van der Waals surface area contributed by atoms with Gasteiger partial charge < -0.3 is 20.3 Å². The van der Waals surface area contributed by atoms with Crippen molar-refractivity contribution in [2.75, 3.05) is 38.6 Å². The van der Waals surface area contributed by atoms with E-state index in [0.717, 1.165) is 44.1 Å². The van der Waals surface area contributed by atoms with Gasteiger partial charge in [-0.15, -0.1) is 0 Å². The molecule has 156 valence electrons. The molecule has 29 heavy (non-hydrogen) atoms. The van der Waals surface area contributed by atoms with Crippen molar-refractivity contribution in [3.05, 3.63) is 59.9 Å². The molecule has 2 N–H and O–H groups in total. The number of piperidine rings is 1. The van der Waals surface area contributed by atoms with Crippen LogP contribution in [0, 0.1) is 11.7 Å². The number of amides is 2. The summed E-state index contributed by atoms with van der Waals surface area (Å²) in [7, 11) is 1.71. The van der Waals surface area contributed by atoms with Crippen LogP contribution in [0.15, 0.2) is 48.5 Å². The molecule has 2 aromatic carbocycles. The first kappa shape index (κ1) is 21.1. The van der Waals surface area contributed by atoms with Crippen molar-refractivity contribution in [1.82, 2.24) is 10.2 Å². The third-order valence-corrected chi connectivity index (χ3v) is 5.40. The van der Waals surface area contributed by atoms with E-state index < -0.39 is 0 Å². The lowest BCUT2D eigenvalue weighted by molar-refractivity contribution is 0.182. The number of anilines is 1. The highest BCUT2D eigenvalue weighted by molar-refractivity contribution is 5.89. The fraction of sp³-hybridized carbons (Fsp3) is 0.435. The zero-order valence-electron chi connectivity index (χ0n) is 17.0. The van der Waals surface area contributed by atoms with Crippen molar-refractivity contribution < 1.29 is 13.9 Å². The van der Waals surface area contributed by atoms with Gasteiger partial charge in [-0.25, -0.2) is 9.18 Å². The lowest BCUT2D eigenvalue weighted by Gasteiger charge is -2.32. The van der Waals surface area contributed by atoms with Crippen LogP contribution < -0.4 is 15.4 Å². The first-order chi connectivity index (χ1) is 14.1. The molecule has 2 amide bonds. The Labute approximate surface area is 172 Å². The molecule has 0 spiro atoms. The Bertz CT molecular complexity index is 774. The molecule has 0 radical (unpaired) electrons. The molecular weight excluding hydrogens is 369 g/mol. The van der Waals surface area contributed by atoms with Gasteiger partial charge >= 0.3 is 6.03 Å². The van der Waals surface area contributed by atoms with Crippen LogP contribution >= 0.6 is 0 Å². The van der Waals surface area contributed by atoms with Crippen molar-refractivity contribution in [3.8, 4) is 5.75 Å². The number of nitrogens with zero attached hydrogens (tertiary/aromatic N) is 1. The lowest BCUT2D eigenvalue weighted by Crippen LogP contribution is -2.37. The van der Waals surface area contributed by atoms with Gasteiger partial charge in [0.2, 0.25) is 0 Å². The maximum absolute atomic E-state index is 12.9. The maximum atomic E-state index is 12.9. The molecule has 1 aliphatic heterocycles. The van der Waals surface area contributed by atoms with Crippen LogP contribution in [0.4, 0.5) is 14.9 Å². The zero-order chi connectivity index (χ0) is 20.5. The number of carbonyl (C=O) groups is 1. The fourth-order valence-corrected chi connectivity index (χ4v) is 3.76. The molecule has 0 atom stereocenters. The van der Waals surface area contributed by atoms with Crippen LogP contribution in [-0.2, 0) is 6.42 Å². The topological polar surface area (TPSA) is 53.6 Å². The highest BCUT2D eigenvalue weighted by Crippen LogP contribution is 2.23. The van der Waals surface area contributed by atoms with Gasteiger partial charge in [-0.2, -0.15) is 0 Å². The Balaban J connectivity index is 1.29. The van der Waals surface area contributed by atoms with Gasteiger partial charge in [0.15, 0.2) is 0 Å². The Morgan fingerprint density at radius 3 is 2.66 bits per heavy atom. The quantitative estimate of drug-likeness (QED) is 0.651. The highest BCUT2D eigenvalue weighted by Gasteiger charge is 2.19. The number of hydrogen-bond acceptors (Lipinski definition) is 3. The molecule has 0 unspecified atom stereocenters. The summed E-state index contributed by atoms with van der Waals surface area (Å²) in [4.78, 5) is 14.3. The molecule has 1 aliphatic rings. The molecule has 3 rings (SSSR count). The molecule has 0 bridgehead atoms. The Kier molecular flexibility index (Phi) is 7.87.